The number of amides is 1. The third-order valence-electron chi connectivity index (χ3n) is 5.78. The Bertz CT molecular complexity index is 1160. The molecule has 1 amide bonds. The van der Waals surface area contributed by atoms with Crippen LogP contribution >= 0.6 is 11.3 Å². The maximum Gasteiger partial charge on any atom is 0.387 e. The molecule has 3 N–H and O–H groups in total. The van der Waals surface area contributed by atoms with Gasteiger partial charge < -0.3 is 9.84 Å². The third-order valence-corrected chi connectivity index (χ3v) is 9.01. The van der Waals surface area contributed by atoms with Gasteiger partial charge in [-0.2, -0.15) is 8.78 Å². The summed E-state index contributed by atoms with van der Waals surface area (Å²) < 4.78 is 47.8. The van der Waals surface area contributed by atoms with Crippen molar-refractivity contribution in [3.8, 4) is 5.75 Å². The Morgan fingerprint density at radius 3 is 2.31 bits per heavy atom. The minimum absolute atomic E-state index is 0.0923. The highest BCUT2D eigenvalue weighted by Gasteiger charge is 2.32. The highest BCUT2D eigenvalue weighted by atomic mass is 32.2. The lowest BCUT2D eigenvalue weighted by molar-refractivity contribution is -0.117. The Labute approximate surface area is 189 Å². The van der Waals surface area contributed by atoms with Gasteiger partial charge in [0.25, 0.3) is 5.91 Å². The molecule has 1 heterocycles. The number of nitrogens with two attached hydrogens (primary N) is 1. The van der Waals surface area contributed by atoms with Crippen molar-refractivity contribution in [3.63, 3.8) is 0 Å². The smallest absolute Gasteiger partial charge is 0.387 e. The molecule has 2 aliphatic carbocycles. The van der Waals surface area contributed by atoms with E-state index >= 15 is 0 Å². The maximum atomic E-state index is 13.0. The number of halogens is 2. The lowest BCUT2D eigenvalue weighted by Gasteiger charge is -2.19. The molecule has 174 valence electrons. The van der Waals surface area contributed by atoms with E-state index in [2.05, 4.69) is 9.35 Å². The zero-order chi connectivity index (χ0) is 23.3. The molecule has 0 saturated heterocycles. The van der Waals surface area contributed by atoms with Crippen molar-refractivity contribution in [2.75, 3.05) is 0 Å². The van der Waals surface area contributed by atoms with Crippen LogP contribution in [0.1, 0.15) is 59.5 Å². The molecular formula is C21H25F2N3O4S2. The molecule has 2 aromatic rings. The van der Waals surface area contributed by atoms with Gasteiger partial charge in [0.15, 0.2) is 9.92 Å². The number of hydrogen-bond acceptors (Lipinski definition) is 6. The number of hydrogen-bond donors (Lipinski definition) is 2. The number of ether oxygens (including phenoxy) is 1. The molecule has 0 saturated carbocycles. The molecular weight excluding hydrogens is 460 g/mol. The lowest BCUT2D eigenvalue weighted by Crippen LogP contribution is -2.16. The van der Waals surface area contributed by atoms with E-state index < -0.39 is 28.0 Å². The standard InChI is InChI=1S/C21H25F2N3O4S2/c1-21(2,28)19-25-10-17(31-19)32(24,29)26-16(27)9-15-11-5-3-7-13(11)18(30-20(22)23)14-8-4-6-12(14)15/h10,20,28H,3-9H2,1-2H3,(H2,24,26,27,29). The van der Waals surface area contributed by atoms with Gasteiger partial charge in [0.1, 0.15) is 20.6 Å². The fourth-order valence-electron chi connectivity index (χ4n) is 4.52. The number of benzene rings is 1. The number of thiazole rings is 1. The van der Waals surface area contributed by atoms with Crippen LogP contribution in [0.4, 0.5) is 8.78 Å². The Morgan fingerprint density at radius 1 is 1.25 bits per heavy atom. The molecule has 1 aromatic carbocycles. The van der Waals surface area contributed by atoms with E-state index in [0.29, 0.717) is 30.7 Å². The van der Waals surface area contributed by atoms with Crippen LogP contribution in [-0.2, 0) is 52.4 Å². The van der Waals surface area contributed by atoms with E-state index in [4.69, 9.17) is 9.88 Å². The molecule has 0 aliphatic heterocycles. The Balaban J connectivity index is 1.69. The molecule has 1 aromatic heterocycles. The lowest BCUT2D eigenvalue weighted by atomic mass is 9.91. The molecule has 2 aliphatic rings. The predicted molar refractivity (Wildman–Crippen MR) is 116 cm³/mol. The van der Waals surface area contributed by atoms with Gasteiger partial charge in [0.05, 0.1) is 12.6 Å². The van der Waals surface area contributed by atoms with Crippen LogP contribution in [0, 0.1) is 0 Å². The molecule has 4 rings (SSSR count). The summed E-state index contributed by atoms with van der Waals surface area (Å²) in [6.45, 7) is 0.180. The average Bonchev–Trinajstić information content (AvgIpc) is 3.43. The number of nitrogens with zero attached hydrogens (tertiary/aromatic N) is 2. The topological polar surface area (TPSA) is 115 Å². The SMILES string of the molecule is CC(C)(O)c1ncc(S(N)(=O)=NC(=O)Cc2c3c(c(OC(F)F)c4c2CCC4)CCC3)s1. The van der Waals surface area contributed by atoms with Crippen LogP contribution in [0.3, 0.4) is 0 Å². The first-order chi connectivity index (χ1) is 15.0. The number of aliphatic hydroxyl groups is 1. The summed E-state index contributed by atoms with van der Waals surface area (Å²) in [6.07, 6.45) is 5.36. The molecule has 0 radical (unpaired) electrons. The van der Waals surface area contributed by atoms with Crippen molar-refractivity contribution >= 4 is 27.2 Å². The van der Waals surface area contributed by atoms with Gasteiger partial charge in [0.2, 0.25) is 0 Å². The van der Waals surface area contributed by atoms with E-state index in [0.717, 1.165) is 52.0 Å². The van der Waals surface area contributed by atoms with E-state index in [1.165, 1.54) is 6.20 Å². The summed E-state index contributed by atoms with van der Waals surface area (Å²) in [5, 5.41) is 16.3. The quantitative estimate of drug-likeness (QED) is 0.651. The van der Waals surface area contributed by atoms with Crippen molar-refractivity contribution in [2.24, 2.45) is 9.50 Å². The number of alkyl halides is 2. The average molecular weight is 486 g/mol. The normalized spacial score (nSPS) is 17.2. The van der Waals surface area contributed by atoms with E-state index in [1.54, 1.807) is 13.8 Å². The van der Waals surface area contributed by atoms with Gasteiger partial charge in [0, 0.05) is 0 Å². The van der Waals surface area contributed by atoms with Crippen molar-refractivity contribution in [3.05, 3.63) is 39.0 Å². The van der Waals surface area contributed by atoms with Crippen LogP contribution in [0.5, 0.6) is 5.75 Å². The summed E-state index contributed by atoms with van der Waals surface area (Å²) in [4.78, 5) is 16.9. The van der Waals surface area contributed by atoms with Crippen LogP contribution < -0.4 is 9.88 Å². The summed E-state index contributed by atoms with van der Waals surface area (Å²) in [7, 11) is -3.52. The molecule has 1 atom stereocenters. The predicted octanol–water partition coefficient (Wildman–Crippen LogP) is 3.42. The Morgan fingerprint density at radius 2 is 1.81 bits per heavy atom. The highest BCUT2D eigenvalue weighted by Crippen LogP contribution is 2.44. The highest BCUT2D eigenvalue weighted by molar-refractivity contribution is 7.93. The third kappa shape index (κ3) is 4.43. The van der Waals surface area contributed by atoms with Crippen LogP contribution in [0.15, 0.2) is 14.8 Å². The van der Waals surface area contributed by atoms with Gasteiger partial charge in [-0.3, -0.25) is 4.79 Å². The van der Waals surface area contributed by atoms with E-state index in [-0.39, 0.29) is 16.4 Å². The number of rotatable bonds is 6. The Hall–Kier alpha value is -1.95. The van der Waals surface area contributed by atoms with Crippen LogP contribution in [0.2, 0.25) is 0 Å². The summed E-state index contributed by atoms with van der Waals surface area (Å²) in [6, 6.07) is 0. The molecule has 1 unspecified atom stereocenters. The van der Waals surface area contributed by atoms with Gasteiger partial charge >= 0.3 is 6.61 Å². The second-order valence-corrected chi connectivity index (χ2v) is 11.6. The number of carbonyl (C=O) groups excluding carboxylic acids is 1. The Kier molecular flexibility index (Phi) is 6.12. The summed E-state index contributed by atoms with van der Waals surface area (Å²) >= 11 is 0.948. The van der Waals surface area contributed by atoms with Crippen LogP contribution in [-0.4, -0.2) is 26.8 Å². The van der Waals surface area contributed by atoms with Crippen molar-refractivity contribution in [1.82, 2.24) is 4.98 Å². The number of carbonyl (C=O) groups is 1. The van der Waals surface area contributed by atoms with E-state index in [9.17, 15) is 22.9 Å². The van der Waals surface area contributed by atoms with Crippen molar-refractivity contribution in [1.29, 1.82) is 0 Å². The first kappa shape index (κ1) is 23.2. The second-order valence-electron chi connectivity index (χ2n) is 8.58. The van der Waals surface area contributed by atoms with E-state index in [1.807, 2.05) is 0 Å². The largest absolute Gasteiger partial charge is 0.434 e. The van der Waals surface area contributed by atoms with Gasteiger partial charge in [-0.05, 0) is 80.2 Å². The molecule has 32 heavy (non-hydrogen) atoms. The van der Waals surface area contributed by atoms with Crippen LogP contribution in [0.25, 0.3) is 0 Å². The van der Waals surface area contributed by atoms with Gasteiger partial charge in [-0.25, -0.2) is 14.3 Å². The van der Waals surface area contributed by atoms with Crippen molar-refractivity contribution < 1.29 is 27.6 Å². The molecule has 0 spiro atoms. The molecule has 0 bridgehead atoms. The fraction of sp³-hybridized carbons (Fsp3) is 0.524. The van der Waals surface area contributed by atoms with Gasteiger partial charge in [-0.15, -0.1) is 15.7 Å². The minimum Gasteiger partial charge on any atom is -0.434 e. The molecule has 11 heteroatoms. The molecule has 0 fully saturated rings. The fourth-order valence-corrected chi connectivity index (χ4v) is 6.66. The summed E-state index contributed by atoms with van der Waals surface area (Å²) in [5.74, 6) is -0.360. The van der Waals surface area contributed by atoms with Crippen molar-refractivity contribution in [2.45, 2.75) is 75.2 Å². The monoisotopic (exact) mass is 485 g/mol. The minimum atomic E-state index is -3.52. The van der Waals surface area contributed by atoms with Gasteiger partial charge in [-0.1, -0.05) is 0 Å². The number of aromatic nitrogens is 1. The zero-order valence-electron chi connectivity index (χ0n) is 17.8. The zero-order valence-corrected chi connectivity index (χ0v) is 19.5. The molecule has 7 nitrogen and oxygen atoms in total. The second kappa shape index (κ2) is 8.44. The summed E-state index contributed by atoms with van der Waals surface area (Å²) in [5.41, 5.74) is 2.80. The maximum absolute atomic E-state index is 13.0. The first-order valence-electron chi connectivity index (χ1n) is 10.4. The number of fused-ring (bicyclic) bond motifs is 2. The first-order valence-corrected chi connectivity index (χ1v) is 12.8.